The first-order valence-electron chi connectivity index (χ1n) is 8.36. The van der Waals surface area contributed by atoms with Crippen LogP contribution in [0.4, 0.5) is 0 Å². The highest BCUT2D eigenvalue weighted by atomic mass is 16.5. The van der Waals surface area contributed by atoms with E-state index < -0.39 is 0 Å². The van der Waals surface area contributed by atoms with Crippen LogP contribution in [0.15, 0.2) is 18.3 Å². The Balaban J connectivity index is 1.47. The fourth-order valence-corrected chi connectivity index (χ4v) is 3.68. The van der Waals surface area contributed by atoms with Gasteiger partial charge in [-0.15, -0.1) is 0 Å². The molecule has 7 heteroatoms. The first-order chi connectivity index (χ1) is 11.6. The van der Waals surface area contributed by atoms with Crippen LogP contribution in [0.2, 0.25) is 0 Å². The molecule has 132 valence electrons. The third-order valence-corrected chi connectivity index (χ3v) is 5.09. The van der Waals surface area contributed by atoms with Crippen molar-refractivity contribution in [2.45, 2.75) is 18.4 Å². The Morgan fingerprint density at radius 3 is 2.92 bits per heavy atom. The summed E-state index contributed by atoms with van der Waals surface area (Å²) in [4.78, 5) is 25.7. The lowest BCUT2D eigenvalue weighted by Crippen LogP contribution is -2.66. The van der Waals surface area contributed by atoms with Crippen LogP contribution >= 0.6 is 0 Å². The van der Waals surface area contributed by atoms with Gasteiger partial charge in [-0.3, -0.25) is 9.59 Å². The van der Waals surface area contributed by atoms with Crippen LogP contribution in [0.3, 0.4) is 0 Å². The number of carbonyl (C=O) groups is 2. The van der Waals surface area contributed by atoms with E-state index in [4.69, 9.17) is 9.47 Å². The Kier molecular flexibility index (Phi) is 4.91. The maximum atomic E-state index is 12.1. The van der Waals surface area contributed by atoms with E-state index in [1.807, 2.05) is 19.3 Å². The molecule has 2 aliphatic rings. The summed E-state index contributed by atoms with van der Waals surface area (Å²) in [6, 6.07) is 3.66. The Morgan fingerprint density at radius 2 is 2.25 bits per heavy atom. The van der Waals surface area contributed by atoms with Gasteiger partial charge in [0.25, 0.3) is 5.91 Å². The summed E-state index contributed by atoms with van der Waals surface area (Å²) in [5.74, 6) is 0.327. The molecule has 3 rings (SSSR count). The molecule has 0 saturated carbocycles. The third kappa shape index (κ3) is 3.18. The summed E-state index contributed by atoms with van der Waals surface area (Å²) in [6.45, 7) is 2.72. The number of ether oxygens (including phenoxy) is 2. The second kappa shape index (κ2) is 6.94. The van der Waals surface area contributed by atoms with Crippen molar-refractivity contribution >= 4 is 11.8 Å². The van der Waals surface area contributed by atoms with Gasteiger partial charge in [-0.1, -0.05) is 0 Å². The lowest BCUT2D eigenvalue weighted by atomic mass is 9.79. The van der Waals surface area contributed by atoms with E-state index in [0.717, 1.165) is 19.4 Å². The van der Waals surface area contributed by atoms with E-state index in [1.165, 1.54) is 7.11 Å². The number of aryl methyl sites for hydroxylation is 1. The normalized spacial score (nSPS) is 21.8. The lowest BCUT2D eigenvalue weighted by molar-refractivity contribution is -0.168. The SMILES string of the molecule is COCC(=O)N1CC2(C1)OCCC2CCNC(=O)c1cccn1C. The van der Waals surface area contributed by atoms with Crippen LogP contribution in [0.25, 0.3) is 0 Å². The van der Waals surface area contributed by atoms with Crippen LogP contribution in [0.1, 0.15) is 23.3 Å². The number of nitrogens with one attached hydrogen (secondary N) is 1. The highest BCUT2D eigenvalue weighted by Gasteiger charge is 2.53. The zero-order valence-corrected chi connectivity index (χ0v) is 14.3. The summed E-state index contributed by atoms with van der Waals surface area (Å²) < 4.78 is 12.6. The highest BCUT2D eigenvalue weighted by molar-refractivity contribution is 5.92. The smallest absolute Gasteiger partial charge is 0.267 e. The number of carbonyl (C=O) groups excluding carboxylic acids is 2. The zero-order chi connectivity index (χ0) is 17.2. The number of methoxy groups -OCH3 is 1. The predicted octanol–water partition coefficient (Wildman–Crippen LogP) is 0.409. The Labute approximate surface area is 141 Å². The molecule has 3 heterocycles. The summed E-state index contributed by atoms with van der Waals surface area (Å²) in [6.07, 6.45) is 3.70. The van der Waals surface area contributed by atoms with Crippen molar-refractivity contribution in [2.24, 2.45) is 13.0 Å². The van der Waals surface area contributed by atoms with E-state index in [1.54, 1.807) is 15.5 Å². The first-order valence-corrected chi connectivity index (χ1v) is 8.36. The number of amides is 2. The van der Waals surface area contributed by atoms with Gasteiger partial charge in [-0.05, 0) is 30.9 Å². The van der Waals surface area contributed by atoms with E-state index in [9.17, 15) is 9.59 Å². The van der Waals surface area contributed by atoms with Gasteiger partial charge in [0, 0.05) is 33.5 Å². The fourth-order valence-electron chi connectivity index (χ4n) is 3.68. The topological polar surface area (TPSA) is 72.8 Å². The molecule has 1 N–H and O–H groups in total. The van der Waals surface area contributed by atoms with Crippen molar-refractivity contribution in [1.29, 1.82) is 0 Å². The maximum Gasteiger partial charge on any atom is 0.267 e. The van der Waals surface area contributed by atoms with Crippen LogP contribution in [-0.4, -0.2) is 66.8 Å². The summed E-state index contributed by atoms with van der Waals surface area (Å²) >= 11 is 0. The predicted molar refractivity (Wildman–Crippen MR) is 87.6 cm³/mol. The van der Waals surface area contributed by atoms with Crippen LogP contribution in [-0.2, 0) is 21.3 Å². The van der Waals surface area contributed by atoms with Crippen molar-refractivity contribution < 1.29 is 19.1 Å². The van der Waals surface area contributed by atoms with Gasteiger partial charge in [0.15, 0.2) is 0 Å². The first kappa shape index (κ1) is 17.0. The largest absolute Gasteiger partial charge is 0.375 e. The van der Waals surface area contributed by atoms with Crippen LogP contribution in [0.5, 0.6) is 0 Å². The molecule has 0 aromatic carbocycles. The van der Waals surface area contributed by atoms with Gasteiger partial charge >= 0.3 is 0 Å². The molecule has 1 atom stereocenters. The quantitative estimate of drug-likeness (QED) is 0.817. The van der Waals surface area contributed by atoms with Crippen LogP contribution < -0.4 is 5.32 Å². The van der Waals surface area contributed by atoms with E-state index in [2.05, 4.69) is 5.32 Å². The third-order valence-electron chi connectivity index (χ3n) is 5.09. The number of nitrogens with zero attached hydrogens (tertiary/aromatic N) is 2. The second-order valence-electron chi connectivity index (χ2n) is 6.63. The highest BCUT2D eigenvalue weighted by Crippen LogP contribution is 2.41. The molecule has 2 aliphatic heterocycles. The molecule has 0 aliphatic carbocycles. The molecule has 0 bridgehead atoms. The maximum absolute atomic E-state index is 12.1. The molecule has 0 radical (unpaired) electrons. The average Bonchev–Trinajstić information content (AvgIpc) is 3.12. The van der Waals surface area contributed by atoms with Crippen molar-refractivity contribution in [1.82, 2.24) is 14.8 Å². The Morgan fingerprint density at radius 1 is 1.46 bits per heavy atom. The van der Waals surface area contributed by atoms with Gasteiger partial charge < -0.3 is 24.3 Å². The monoisotopic (exact) mass is 335 g/mol. The van der Waals surface area contributed by atoms with E-state index >= 15 is 0 Å². The van der Waals surface area contributed by atoms with E-state index in [-0.39, 0.29) is 24.0 Å². The Bertz CT molecular complexity index is 607. The zero-order valence-electron chi connectivity index (χ0n) is 14.3. The molecule has 7 nitrogen and oxygen atoms in total. The number of hydrogen-bond donors (Lipinski definition) is 1. The van der Waals surface area contributed by atoms with Gasteiger partial charge in [-0.25, -0.2) is 0 Å². The molecule has 24 heavy (non-hydrogen) atoms. The minimum Gasteiger partial charge on any atom is -0.375 e. The van der Waals surface area contributed by atoms with E-state index in [0.29, 0.717) is 31.2 Å². The second-order valence-corrected chi connectivity index (χ2v) is 6.63. The van der Waals surface area contributed by atoms with Crippen LogP contribution in [0, 0.1) is 5.92 Å². The van der Waals surface area contributed by atoms with Crippen molar-refractivity contribution in [3.63, 3.8) is 0 Å². The fraction of sp³-hybridized carbons (Fsp3) is 0.647. The van der Waals surface area contributed by atoms with Gasteiger partial charge in [0.1, 0.15) is 17.9 Å². The molecule has 2 fully saturated rings. The van der Waals surface area contributed by atoms with Gasteiger partial charge in [-0.2, -0.15) is 0 Å². The number of rotatable bonds is 6. The molecule has 1 aromatic heterocycles. The number of aromatic nitrogens is 1. The minimum atomic E-state index is -0.223. The summed E-state index contributed by atoms with van der Waals surface area (Å²) in [7, 11) is 3.38. The van der Waals surface area contributed by atoms with Crippen molar-refractivity contribution in [3.05, 3.63) is 24.0 Å². The molecular weight excluding hydrogens is 310 g/mol. The summed E-state index contributed by atoms with van der Waals surface area (Å²) in [5, 5.41) is 2.98. The molecule has 1 unspecified atom stereocenters. The lowest BCUT2D eigenvalue weighted by Gasteiger charge is -2.50. The number of hydrogen-bond acceptors (Lipinski definition) is 4. The average molecular weight is 335 g/mol. The molecular formula is C17H25N3O4. The standard InChI is InChI=1S/C17H25N3O4/c1-19-8-3-4-14(19)16(22)18-7-5-13-6-9-24-17(13)11-20(12-17)15(21)10-23-2/h3-4,8,13H,5-7,9-12H2,1-2H3,(H,18,22). The molecule has 1 aromatic rings. The van der Waals surface area contributed by atoms with Gasteiger partial charge in [0.05, 0.1) is 13.1 Å². The van der Waals surface area contributed by atoms with Crippen molar-refractivity contribution in [3.8, 4) is 0 Å². The van der Waals surface area contributed by atoms with Gasteiger partial charge in [0.2, 0.25) is 5.91 Å². The number of likely N-dealkylation sites (tertiary alicyclic amines) is 1. The summed E-state index contributed by atoms with van der Waals surface area (Å²) in [5.41, 5.74) is 0.436. The molecule has 2 saturated heterocycles. The Hall–Kier alpha value is -1.86. The molecule has 1 spiro atoms. The molecule has 2 amide bonds. The van der Waals surface area contributed by atoms with Crippen molar-refractivity contribution in [2.75, 3.05) is 40.0 Å². The minimum absolute atomic E-state index is 0.00869.